The number of hydrogen-bond donors (Lipinski definition) is 4. The minimum atomic E-state index is -4.70. The van der Waals surface area contributed by atoms with Crippen LogP contribution >= 0.6 is 0 Å². The zero-order valence-corrected chi connectivity index (χ0v) is 38.8. The average Bonchev–Trinajstić information content (AvgIpc) is 3.37. The van der Waals surface area contributed by atoms with Crippen molar-refractivity contribution in [2.45, 2.75) is 45.9 Å². The predicted molar refractivity (Wildman–Crippen MR) is 264 cm³/mol. The van der Waals surface area contributed by atoms with Gasteiger partial charge in [0, 0.05) is 70.4 Å². The van der Waals surface area contributed by atoms with Gasteiger partial charge < -0.3 is 26.4 Å². The Hall–Kier alpha value is -8.95. The molecule has 8 rings (SSSR count). The van der Waals surface area contributed by atoms with Crippen molar-refractivity contribution in [2.75, 3.05) is 34.8 Å². The third-order valence-corrected chi connectivity index (χ3v) is 11.3. The normalized spacial score (nSPS) is 11.4. The largest absolute Gasteiger partial charge is 0.433 e. The van der Waals surface area contributed by atoms with Gasteiger partial charge in [0.15, 0.2) is 0 Å². The van der Waals surface area contributed by atoms with Crippen molar-refractivity contribution in [2.24, 2.45) is 0 Å². The minimum absolute atomic E-state index is 0.133. The van der Waals surface area contributed by atoms with Crippen LogP contribution in [0.2, 0.25) is 0 Å². The molecule has 0 bridgehead atoms. The number of carbonyl (C=O) groups is 2. The van der Waals surface area contributed by atoms with Gasteiger partial charge in [0.05, 0.1) is 59.4 Å². The van der Waals surface area contributed by atoms with E-state index >= 15 is 0 Å². The number of aromatic nitrogens is 7. The second-order valence-corrected chi connectivity index (χ2v) is 16.9. The Balaban J connectivity index is 0.933. The number of hydrogen-bond acceptors (Lipinski definition) is 13. The molecule has 6 heterocycles. The summed E-state index contributed by atoms with van der Waals surface area (Å²) in [4.78, 5) is 56.5. The van der Waals surface area contributed by atoms with Crippen molar-refractivity contribution in [3.05, 3.63) is 174 Å². The van der Waals surface area contributed by atoms with E-state index in [1.807, 2.05) is 68.4 Å². The summed E-state index contributed by atoms with van der Waals surface area (Å²) in [6, 6.07) is 31.4. The third kappa shape index (κ3) is 11.8. The number of nitrogens with one attached hydrogen (secondary N) is 3. The Labute approximate surface area is 406 Å². The molecule has 0 aliphatic carbocycles. The topological polar surface area (TPSA) is 219 Å². The quantitative estimate of drug-likeness (QED) is 0.0704. The molecule has 71 heavy (non-hydrogen) atoms. The zero-order chi connectivity index (χ0) is 50.3. The number of pyridine rings is 5. The molecule has 0 spiro atoms. The highest BCUT2D eigenvalue weighted by Crippen LogP contribution is 2.33. The molecule has 0 radical (unpaired) electrons. The van der Waals surface area contributed by atoms with Gasteiger partial charge in [-0.15, -0.1) is 0 Å². The van der Waals surface area contributed by atoms with Gasteiger partial charge in [-0.2, -0.15) is 18.4 Å². The number of aryl methyl sites for hydroxylation is 2. The number of nitriles is 1. The molecule has 0 atom stereocenters. The van der Waals surface area contributed by atoms with Gasteiger partial charge in [0.2, 0.25) is 0 Å². The lowest BCUT2D eigenvalue weighted by Crippen LogP contribution is -2.18. The van der Waals surface area contributed by atoms with Crippen LogP contribution in [0.15, 0.2) is 134 Å². The van der Waals surface area contributed by atoms with Crippen molar-refractivity contribution >= 4 is 34.8 Å². The number of anilines is 4. The highest BCUT2D eigenvalue weighted by atomic mass is 19.4. The molecule has 0 aliphatic rings. The van der Waals surface area contributed by atoms with E-state index in [1.54, 1.807) is 62.6 Å². The van der Waals surface area contributed by atoms with Crippen molar-refractivity contribution in [1.82, 2.24) is 34.9 Å². The minimum Gasteiger partial charge on any atom is -0.384 e. The fraction of sp³-hybridized carbons (Fsp3) is 0.170. The molecule has 0 unspecified atom stereocenters. The van der Waals surface area contributed by atoms with Crippen LogP contribution in [0.5, 0.6) is 0 Å². The van der Waals surface area contributed by atoms with Gasteiger partial charge in [-0.1, -0.05) is 24.3 Å². The number of carbonyl (C=O) groups excluding carboxylic acids is 2. The van der Waals surface area contributed by atoms with Crippen molar-refractivity contribution in [1.29, 1.82) is 5.26 Å². The van der Waals surface area contributed by atoms with Crippen molar-refractivity contribution < 1.29 is 27.5 Å². The van der Waals surface area contributed by atoms with Gasteiger partial charge in [0.25, 0.3) is 11.8 Å². The van der Waals surface area contributed by atoms with E-state index in [1.165, 1.54) is 18.6 Å². The maximum Gasteiger partial charge on any atom is 0.433 e. The van der Waals surface area contributed by atoms with Gasteiger partial charge in [-0.3, -0.25) is 29.5 Å². The summed E-state index contributed by atoms with van der Waals surface area (Å²) < 4.78 is 46.1. The molecule has 0 saturated heterocycles. The van der Waals surface area contributed by atoms with E-state index in [9.17, 15) is 28.0 Å². The Morgan fingerprint density at radius 2 is 1.38 bits per heavy atom. The van der Waals surface area contributed by atoms with Crippen LogP contribution in [-0.4, -0.2) is 59.9 Å². The number of nitrogens with two attached hydrogens (primary N) is 1. The van der Waals surface area contributed by atoms with Crippen LogP contribution in [0.4, 0.5) is 36.2 Å². The fourth-order valence-electron chi connectivity index (χ4n) is 7.47. The predicted octanol–water partition coefficient (Wildman–Crippen LogP) is 10.3. The highest BCUT2D eigenvalue weighted by molar-refractivity contribution is 6.05. The molecule has 6 aromatic heterocycles. The van der Waals surface area contributed by atoms with E-state index < -0.39 is 23.2 Å². The molecule has 15 nitrogen and oxygen atoms in total. The van der Waals surface area contributed by atoms with Crippen molar-refractivity contribution in [3.63, 3.8) is 0 Å². The standard InChI is InChI=1S/C53H45F3N12O3/c1-31-8-9-39(67-50(69)37-12-14-60-47(22-37)53(54,55)56)24-42(31)38-19-41(66-45(20-38)35-10-15-61-48(58)23-35)28-71-17-16-62-49-26-44(64-30-65-49)34-7-5-6-33(18-34)43-25-40(27-63-32(43)2)68-51(70)36-11-13-59-46(21-36)52(3,4)29-57/h5-15,18-27,30H,16-17,28H2,1-4H3,(H2,58,61)(H,67,69)(H,68,70)(H,62,64,65). The Morgan fingerprint density at radius 1 is 0.690 bits per heavy atom. The lowest BCUT2D eigenvalue weighted by molar-refractivity contribution is -0.141. The molecular formula is C53H45F3N12O3. The average molecular weight is 955 g/mol. The molecule has 5 N–H and O–H groups in total. The SMILES string of the molecule is Cc1ccc(NC(=O)c2ccnc(C(F)(F)F)c2)cc1-c1cc(COCCNc2cc(-c3cccc(-c4cc(NC(=O)c5ccnc(C(C)(C)C#N)c5)cnc4C)c3)ncn2)nc(-c2ccnc(N)c2)c1. The first-order valence-electron chi connectivity index (χ1n) is 22.1. The summed E-state index contributed by atoms with van der Waals surface area (Å²) in [6.07, 6.45) is 2.42. The van der Waals surface area contributed by atoms with E-state index in [2.05, 4.69) is 51.9 Å². The smallest absolute Gasteiger partial charge is 0.384 e. The van der Waals surface area contributed by atoms with Gasteiger partial charge >= 0.3 is 6.18 Å². The zero-order valence-electron chi connectivity index (χ0n) is 38.8. The number of nitrogens with zero attached hydrogens (tertiary/aromatic N) is 8. The summed E-state index contributed by atoms with van der Waals surface area (Å²) in [7, 11) is 0. The number of rotatable bonds is 15. The van der Waals surface area contributed by atoms with E-state index in [4.69, 9.17) is 15.5 Å². The number of alkyl halides is 3. The number of ether oxygens (including phenoxy) is 1. The van der Waals surface area contributed by atoms with Gasteiger partial charge in [0.1, 0.15) is 23.7 Å². The molecule has 356 valence electrons. The monoisotopic (exact) mass is 954 g/mol. The van der Waals surface area contributed by atoms with Crippen LogP contribution in [0.1, 0.15) is 62.9 Å². The summed E-state index contributed by atoms with van der Waals surface area (Å²) in [5.41, 5.74) is 13.8. The maximum atomic E-state index is 13.3. The highest BCUT2D eigenvalue weighted by Gasteiger charge is 2.33. The van der Waals surface area contributed by atoms with E-state index in [0.717, 1.165) is 50.8 Å². The Bertz CT molecular complexity index is 3340. The molecule has 0 fully saturated rings. The third-order valence-electron chi connectivity index (χ3n) is 11.3. The van der Waals surface area contributed by atoms with Crippen LogP contribution < -0.4 is 21.7 Å². The van der Waals surface area contributed by atoms with Crippen LogP contribution in [0.25, 0.3) is 44.8 Å². The number of halogens is 3. The lowest BCUT2D eigenvalue weighted by atomic mass is 9.90. The summed E-state index contributed by atoms with van der Waals surface area (Å²) in [5.74, 6) is -0.188. The summed E-state index contributed by atoms with van der Waals surface area (Å²) >= 11 is 0. The summed E-state index contributed by atoms with van der Waals surface area (Å²) in [6.45, 7) is 8.10. The van der Waals surface area contributed by atoms with Gasteiger partial charge in [-0.25, -0.2) is 15.0 Å². The lowest BCUT2D eigenvalue weighted by Gasteiger charge is -2.15. The summed E-state index contributed by atoms with van der Waals surface area (Å²) in [5, 5.41) is 18.5. The molecule has 8 aromatic rings. The number of benzene rings is 2. The first-order valence-corrected chi connectivity index (χ1v) is 22.1. The fourth-order valence-corrected chi connectivity index (χ4v) is 7.47. The maximum absolute atomic E-state index is 13.3. The second kappa shape index (κ2) is 20.7. The molecule has 0 saturated carbocycles. The number of amides is 2. The molecule has 2 amide bonds. The molecular weight excluding hydrogens is 910 g/mol. The first-order chi connectivity index (χ1) is 34.0. The van der Waals surface area contributed by atoms with Crippen molar-refractivity contribution in [3.8, 4) is 50.8 Å². The molecule has 18 heteroatoms. The molecule has 0 aliphatic heterocycles. The van der Waals surface area contributed by atoms with Crippen LogP contribution in [0, 0.1) is 25.2 Å². The molecule has 2 aromatic carbocycles. The Morgan fingerprint density at radius 3 is 2.13 bits per heavy atom. The van der Waals surface area contributed by atoms with E-state index in [-0.39, 0.29) is 24.7 Å². The number of nitrogen functional groups attached to an aromatic ring is 1. The van der Waals surface area contributed by atoms with E-state index in [0.29, 0.717) is 64.0 Å². The second-order valence-electron chi connectivity index (χ2n) is 16.9. The first kappa shape index (κ1) is 48.5. The van der Waals surface area contributed by atoms with Crippen LogP contribution in [-0.2, 0) is 22.9 Å². The Kier molecular flexibility index (Phi) is 14.2. The van der Waals surface area contributed by atoms with Gasteiger partial charge in [-0.05, 0) is 123 Å². The van der Waals surface area contributed by atoms with Crippen LogP contribution in [0.3, 0.4) is 0 Å².